The molecule has 0 aliphatic heterocycles. The van der Waals surface area contributed by atoms with Crippen LogP contribution >= 0.6 is 23.2 Å². The first-order chi connectivity index (χ1) is 10.7. The highest BCUT2D eigenvalue weighted by molar-refractivity contribution is 6.36. The quantitative estimate of drug-likeness (QED) is 0.548. The molecule has 3 aromatic heterocycles. The third kappa shape index (κ3) is 2.15. The Hall–Kier alpha value is -2.37. The smallest absolute Gasteiger partial charge is 0.253 e. The van der Waals surface area contributed by atoms with E-state index in [0.29, 0.717) is 27.4 Å². The number of rotatable bonds is 2. The van der Waals surface area contributed by atoms with E-state index < -0.39 is 0 Å². The molecule has 0 bridgehead atoms. The van der Waals surface area contributed by atoms with Crippen LogP contribution in [0.4, 0.5) is 0 Å². The van der Waals surface area contributed by atoms with E-state index in [-0.39, 0.29) is 0 Å². The van der Waals surface area contributed by atoms with Gasteiger partial charge in [0.1, 0.15) is 0 Å². The van der Waals surface area contributed by atoms with Crippen LogP contribution in [0.15, 0.2) is 53.3 Å². The highest BCUT2D eigenvalue weighted by Gasteiger charge is 2.14. The van der Waals surface area contributed by atoms with Gasteiger partial charge in [-0.1, -0.05) is 23.2 Å². The van der Waals surface area contributed by atoms with Crippen molar-refractivity contribution < 1.29 is 4.42 Å². The van der Waals surface area contributed by atoms with Crippen LogP contribution in [-0.2, 0) is 0 Å². The molecule has 0 aliphatic carbocycles. The van der Waals surface area contributed by atoms with Crippen molar-refractivity contribution in [2.75, 3.05) is 0 Å². The van der Waals surface area contributed by atoms with Gasteiger partial charge in [0, 0.05) is 16.8 Å². The van der Waals surface area contributed by atoms with Crippen LogP contribution in [0.25, 0.3) is 28.6 Å². The van der Waals surface area contributed by atoms with Gasteiger partial charge in [-0.25, -0.2) is 4.98 Å². The molecule has 7 heteroatoms. The van der Waals surface area contributed by atoms with E-state index in [9.17, 15) is 0 Å². The number of hydrogen-bond acceptors (Lipinski definition) is 4. The average Bonchev–Trinajstić information content (AvgIpc) is 3.16. The minimum absolute atomic E-state index is 0.468. The lowest BCUT2D eigenvalue weighted by molar-refractivity contribution is 0.577. The lowest BCUT2D eigenvalue weighted by atomic mass is 10.1. The lowest BCUT2D eigenvalue weighted by Gasteiger charge is -2.06. The van der Waals surface area contributed by atoms with Gasteiger partial charge < -0.3 is 4.42 Å². The summed E-state index contributed by atoms with van der Waals surface area (Å²) in [5.74, 6) is 1.52. The molecule has 4 aromatic rings. The molecule has 0 atom stereocenters. The number of fused-ring (bicyclic) bond motifs is 1. The normalized spacial score (nSPS) is 11.2. The Morgan fingerprint density at radius 1 is 1.09 bits per heavy atom. The SMILES string of the molecule is Clc1ccc(-c2ccnc3nc(-c4ccco4)nn23)c(Cl)c1. The third-order valence-corrected chi connectivity index (χ3v) is 3.74. The molecule has 0 saturated heterocycles. The Morgan fingerprint density at radius 3 is 2.77 bits per heavy atom. The zero-order valence-corrected chi connectivity index (χ0v) is 12.6. The Morgan fingerprint density at radius 2 is 2.00 bits per heavy atom. The highest BCUT2D eigenvalue weighted by atomic mass is 35.5. The van der Waals surface area contributed by atoms with Crippen molar-refractivity contribution in [3.8, 4) is 22.8 Å². The first kappa shape index (κ1) is 13.3. The second kappa shape index (κ2) is 5.12. The molecule has 0 N–H and O–H groups in total. The highest BCUT2D eigenvalue weighted by Crippen LogP contribution is 2.30. The Balaban J connectivity index is 1.95. The van der Waals surface area contributed by atoms with Gasteiger partial charge >= 0.3 is 0 Å². The van der Waals surface area contributed by atoms with E-state index in [1.54, 1.807) is 41.2 Å². The van der Waals surface area contributed by atoms with Gasteiger partial charge in [-0.3, -0.25) is 0 Å². The number of benzene rings is 1. The van der Waals surface area contributed by atoms with Crippen molar-refractivity contribution in [3.63, 3.8) is 0 Å². The molecular weight excluding hydrogens is 323 g/mol. The van der Waals surface area contributed by atoms with Gasteiger partial charge in [0.25, 0.3) is 5.78 Å². The van der Waals surface area contributed by atoms with Crippen molar-refractivity contribution in [2.45, 2.75) is 0 Å². The van der Waals surface area contributed by atoms with Crippen molar-refractivity contribution in [1.82, 2.24) is 19.6 Å². The van der Waals surface area contributed by atoms with Crippen molar-refractivity contribution in [3.05, 3.63) is 58.9 Å². The van der Waals surface area contributed by atoms with E-state index >= 15 is 0 Å². The standard InChI is InChI=1S/C15H8Cl2N4O/c16-9-3-4-10(11(17)8-9)12-5-6-18-15-19-14(20-21(12)15)13-2-1-7-22-13/h1-8H. The summed E-state index contributed by atoms with van der Waals surface area (Å²) in [5.41, 5.74) is 1.58. The summed E-state index contributed by atoms with van der Waals surface area (Å²) in [7, 11) is 0. The Kier molecular flexibility index (Phi) is 3.10. The summed E-state index contributed by atoms with van der Waals surface area (Å²) in [6.07, 6.45) is 3.24. The van der Waals surface area contributed by atoms with E-state index in [1.165, 1.54) is 0 Å². The van der Waals surface area contributed by atoms with Gasteiger partial charge in [0.2, 0.25) is 5.82 Å². The van der Waals surface area contributed by atoms with Crippen molar-refractivity contribution in [1.29, 1.82) is 0 Å². The predicted octanol–water partition coefficient (Wildman–Crippen LogP) is 4.36. The van der Waals surface area contributed by atoms with Crippen LogP contribution in [0, 0.1) is 0 Å². The van der Waals surface area contributed by atoms with Gasteiger partial charge in [-0.15, -0.1) is 5.10 Å². The predicted molar refractivity (Wildman–Crippen MR) is 83.9 cm³/mol. The second-order valence-electron chi connectivity index (χ2n) is 4.58. The van der Waals surface area contributed by atoms with E-state index in [0.717, 1.165) is 11.3 Å². The molecule has 22 heavy (non-hydrogen) atoms. The van der Waals surface area contributed by atoms with Gasteiger partial charge in [0.15, 0.2) is 5.76 Å². The van der Waals surface area contributed by atoms with E-state index in [1.807, 2.05) is 12.1 Å². The molecule has 1 aromatic carbocycles. The van der Waals surface area contributed by atoms with E-state index in [2.05, 4.69) is 15.1 Å². The van der Waals surface area contributed by atoms with Crippen molar-refractivity contribution >= 4 is 29.0 Å². The minimum Gasteiger partial charge on any atom is -0.461 e. The Labute approximate surface area is 135 Å². The summed E-state index contributed by atoms with van der Waals surface area (Å²) in [4.78, 5) is 8.59. The van der Waals surface area contributed by atoms with Gasteiger partial charge in [-0.05, 0) is 36.4 Å². The van der Waals surface area contributed by atoms with Gasteiger partial charge in [-0.2, -0.15) is 9.50 Å². The summed E-state index contributed by atoms with van der Waals surface area (Å²) in [6, 6.07) is 10.7. The number of halogens is 2. The molecule has 0 aliphatic rings. The van der Waals surface area contributed by atoms with Crippen LogP contribution in [0.3, 0.4) is 0 Å². The molecule has 4 rings (SSSR count). The van der Waals surface area contributed by atoms with Crippen LogP contribution in [0.5, 0.6) is 0 Å². The number of hydrogen-bond donors (Lipinski definition) is 0. The maximum Gasteiger partial charge on any atom is 0.253 e. The number of furan rings is 1. The first-order valence-electron chi connectivity index (χ1n) is 6.43. The third-order valence-electron chi connectivity index (χ3n) is 3.19. The number of nitrogens with zero attached hydrogens (tertiary/aromatic N) is 4. The largest absolute Gasteiger partial charge is 0.461 e. The van der Waals surface area contributed by atoms with E-state index in [4.69, 9.17) is 27.6 Å². The van der Waals surface area contributed by atoms with Crippen molar-refractivity contribution in [2.24, 2.45) is 0 Å². The molecule has 0 saturated carbocycles. The monoisotopic (exact) mass is 330 g/mol. The zero-order valence-electron chi connectivity index (χ0n) is 11.1. The lowest BCUT2D eigenvalue weighted by Crippen LogP contribution is -1.96. The fourth-order valence-corrected chi connectivity index (χ4v) is 2.71. The molecule has 5 nitrogen and oxygen atoms in total. The van der Waals surface area contributed by atoms with Crippen LogP contribution in [-0.4, -0.2) is 19.6 Å². The summed E-state index contributed by atoms with van der Waals surface area (Å²) >= 11 is 12.2. The van der Waals surface area contributed by atoms with Crippen LogP contribution < -0.4 is 0 Å². The summed E-state index contributed by atoms with van der Waals surface area (Å²) in [6.45, 7) is 0. The summed E-state index contributed by atoms with van der Waals surface area (Å²) < 4.78 is 6.96. The number of aromatic nitrogens is 4. The first-order valence-corrected chi connectivity index (χ1v) is 7.19. The molecule has 0 amide bonds. The second-order valence-corrected chi connectivity index (χ2v) is 5.42. The molecule has 0 radical (unpaired) electrons. The Bertz CT molecular complexity index is 963. The molecule has 0 unspecified atom stereocenters. The minimum atomic E-state index is 0.468. The molecular formula is C15H8Cl2N4O. The molecule has 108 valence electrons. The average molecular weight is 331 g/mol. The maximum atomic E-state index is 6.29. The van der Waals surface area contributed by atoms with Gasteiger partial charge in [0.05, 0.1) is 17.0 Å². The molecule has 0 spiro atoms. The maximum absolute atomic E-state index is 6.29. The van der Waals surface area contributed by atoms with Crippen LogP contribution in [0.1, 0.15) is 0 Å². The fourth-order valence-electron chi connectivity index (χ4n) is 2.21. The molecule has 0 fully saturated rings. The van der Waals surface area contributed by atoms with Crippen LogP contribution in [0.2, 0.25) is 10.0 Å². The summed E-state index contributed by atoms with van der Waals surface area (Å²) in [5, 5.41) is 5.57. The zero-order chi connectivity index (χ0) is 15.1. The topological polar surface area (TPSA) is 56.2 Å². The molecule has 3 heterocycles. The fraction of sp³-hybridized carbons (Fsp3) is 0.